The van der Waals surface area contributed by atoms with E-state index < -0.39 is 5.97 Å². The summed E-state index contributed by atoms with van der Waals surface area (Å²) in [6.45, 7) is 2.12. The summed E-state index contributed by atoms with van der Waals surface area (Å²) in [5.74, 6) is -1.44. The molecule has 0 unspecified atom stereocenters. The molecule has 2 rings (SSSR count). The number of hydrogen-bond acceptors (Lipinski definition) is 3. The molecule has 0 saturated carbocycles. The molecule has 6 heteroatoms. The van der Waals surface area contributed by atoms with Gasteiger partial charge in [0.15, 0.2) is 5.69 Å². The fraction of sp³-hybridized carbons (Fsp3) is 0.308. The van der Waals surface area contributed by atoms with Crippen molar-refractivity contribution in [1.29, 1.82) is 0 Å². The van der Waals surface area contributed by atoms with Crippen LogP contribution in [0.15, 0.2) is 24.3 Å². The third-order valence-corrected chi connectivity index (χ3v) is 2.80. The zero-order valence-electron chi connectivity index (χ0n) is 10.5. The van der Waals surface area contributed by atoms with Crippen molar-refractivity contribution in [2.24, 2.45) is 0 Å². The van der Waals surface area contributed by atoms with Crippen LogP contribution in [-0.2, 0) is 13.0 Å². The summed E-state index contributed by atoms with van der Waals surface area (Å²) >= 11 is 0. The van der Waals surface area contributed by atoms with Gasteiger partial charge in [-0.05, 0) is 12.5 Å². The molecule has 0 atom stereocenters. The van der Waals surface area contributed by atoms with Gasteiger partial charge < -0.3 is 5.11 Å². The lowest BCUT2D eigenvalue weighted by Gasteiger charge is -2.07. The lowest BCUT2D eigenvalue weighted by molar-refractivity contribution is 0.0689. The number of aromatic carboxylic acids is 1. The molecule has 1 heterocycles. The van der Waals surface area contributed by atoms with Gasteiger partial charge in [-0.1, -0.05) is 36.8 Å². The largest absolute Gasteiger partial charge is 0.476 e. The van der Waals surface area contributed by atoms with Crippen LogP contribution < -0.4 is 0 Å². The van der Waals surface area contributed by atoms with Gasteiger partial charge in [-0.2, -0.15) is 0 Å². The molecule has 0 radical (unpaired) electrons. The molecule has 1 aromatic heterocycles. The first kappa shape index (κ1) is 13.2. The molecule has 0 aliphatic heterocycles. The van der Waals surface area contributed by atoms with Gasteiger partial charge in [0, 0.05) is 5.56 Å². The van der Waals surface area contributed by atoms with Crippen LogP contribution in [0.4, 0.5) is 4.39 Å². The first-order valence-electron chi connectivity index (χ1n) is 6.02. The number of aromatic nitrogens is 3. The van der Waals surface area contributed by atoms with Crippen molar-refractivity contribution in [3.05, 3.63) is 47.0 Å². The van der Waals surface area contributed by atoms with Gasteiger partial charge in [-0.15, -0.1) is 5.10 Å². The van der Waals surface area contributed by atoms with E-state index in [1.807, 2.05) is 6.92 Å². The fourth-order valence-electron chi connectivity index (χ4n) is 1.90. The van der Waals surface area contributed by atoms with Gasteiger partial charge in [-0.3, -0.25) is 0 Å². The Hall–Kier alpha value is -2.24. The zero-order chi connectivity index (χ0) is 13.8. The summed E-state index contributed by atoms with van der Waals surface area (Å²) < 4.78 is 15.0. The summed E-state index contributed by atoms with van der Waals surface area (Å²) in [6, 6.07) is 6.35. The third-order valence-electron chi connectivity index (χ3n) is 2.80. The molecular weight excluding hydrogens is 249 g/mol. The summed E-state index contributed by atoms with van der Waals surface area (Å²) in [7, 11) is 0. The Balaban J connectivity index is 2.35. The standard InChI is InChI=1S/C13H14FN3O2/c1-2-5-11-12(13(18)19)15-16-17(11)8-9-6-3-4-7-10(9)14/h3-4,6-7H,2,5,8H2,1H3,(H,18,19). The number of benzene rings is 1. The summed E-state index contributed by atoms with van der Waals surface area (Å²) in [6.07, 6.45) is 1.31. The van der Waals surface area contributed by atoms with Crippen molar-refractivity contribution in [2.45, 2.75) is 26.3 Å². The van der Waals surface area contributed by atoms with E-state index in [9.17, 15) is 9.18 Å². The molecule has 0 saturated heterocycles. The van der Waals surface area contributed by atoms with Crippen LogP contribution in [0, 0.1) is 5.82 Å². The van der Waals surface area contributed by atoms with Crippen LogP contribution in [0.3, 0.4) is 0 Å². The van der Waals surface area contributed by atoms with Crippen molar-refractivity contribution in [1.82, 2.24) is 15.0 Å². The Labute approximate surface area is 109 Å². The summed E-state index contributed by atoms with van der Waals surface area (Å²) in [5.41, 5.74) is 0.929. The zero-order valence-corrected chi connectivity index (χ0v) is 10.5. The highest BCUT2D eigenvalue weighted by atomic mass is 19.1. The van der Waals surface area contributed by atoms with Crippen LogP contribution >= 0.6 is 0 Å². The fourth-order valence-corrected chi connectivity index (χ4v) is 1.90. The van der Waals surface area contributed by atoms with E-state index in [1.54, 1.807) is 18.2 Å². The maximum absolute atomic E-state index is 13.6. The van der Waals surface area contributed by atoms with Crippen LogP contribution in [-0.4, -0.2) is 26.1 Å². The third kappa shape index (κ3) is 2.78. The number of carbonyl (C=O) groups is 1. The molecule has 0 aliphatic carbocycles. The topological polar surface area (TPSA) is 68.0 Å². The Morgan fingerprint density at radius 1 is 1.42 bits per heavy atom. The predicted octanol–water partition coefficient (Wildman–Crippen LogP) is 2.12. The molecule has 0 spiro atoms. The summed E-state index contributed by atoms with van der Waals surface area (Å²) in [4.78, 5) is 11.0. The molecule has 0 aliphatic rings. The predicted molar refractivity (Wildman–Crippen MR) is 66.5 cm³/mol. The van der Waals surface area contributed by atoms with Gasteiger partial charge in [0.05, 0.1) is 12.2 Å². The highest BCUT2D eigenvalue weighted by Gasteiger charge is 2.18. The number of nitrogens with zero attached hydrogens (tertiary/aromatic N) is 3. The quantitative estimate of drug-likeness (QED) is 0.897. The Bertz CT molecular complexity index is 595. The smallest absolute Gasteiger partial charge is 0.358 e. The van der Waals surface area contributed by atoms with Crippen LogP contribution in [0.2, 0.25) is 0 Å². The van der Waals surface area contributed by atoms with Crippen molar-refractivity contribution in [3.8, 4) is 0 Å². The summed E-state index contributed by atoms with van der Waals surface area (Å²) in [5, 5.41) is 16.5. The monoisotopic (exact) mass is 263 g/mol. The van der Waals surface area contributed by atoms with Gasteiger partial charge in [-0.25, -0.2) is 13.9 Å². The van der Waals surface area contributed by atoms with Crippen LogP contribution in [0.25, 0.3) is 0 Å². The number of hydrogen-bond donors (Lipinski definition) is 1. The minimum Gasteiger partial charge on any atom is -0.476 e. The molecule has 19 heavy (non-hydrogen) atoms. The Morgan fingerprint density at radius 2 is 2.16 bits per heavy atom. The van der Waals surface area contributed by atoms with Gasteiger partial charge >= 0.3 is 5.97 Å². The van der Waals surface area contributed by atoms with E-state index >= 15 is 0 Å². The van der Waals surface area contributed by atoms with Crippen molar-refractivity contribution < 1.29 is 14.3 Å². The second kappa shape index (κ2) is 5.60. The Kier molecular flexibility index (Phi) is 3.89. The molecule has 1 N–H and O–H groups in total. The molecule has 100 valence electrons. The molecule has 0 bridgehead atoms. The van der Waals surface area contributed by atoms with Gasteiger partial charge in [0.25, 0.3) is 0 Å². The average molecular weight is 263 g/mol. The number of carboxylic acid groups (broad SMARTS) is 1. The van der Waals surface area contributed by atoms with E-state index in [4.69, 9.17) is 5.11 Å². The van der Waals surface area contributed by atoms with Gasteiger partial charge in [0.2, 0.25) is 0 Å². The van der Waals surface area contributed by atoms with Gasteiger partial charge in [0.1, 0.15) is 5.82 Å². The Morgan fingerprint density at radius 3 is 2.79 bits per heavy atom. The number of carboxylic acids is 1. The molecule has 2 aromatic rings. The second-order valence-corrected chi connectivity index (χ2v) is 4.19. The normalized spacial score (nSPS) is 10.6. The van der Waals surface area contributed by atoms with Crippen LogP contribution in [0.5, 0.6) is 0 Å². The molecule has 1 aromatic carbocycles. The first-order valence-corrected chi connectivity index (χ1v) is 6.02. The lowest BCUT2D eigenvalue weighted by Crippen LogP contribution is -2.10. The minimum atomic E-state index is -1.11. The SMILES string of the molecule is CCCc1c(C(=O)O)nnn1Cc1ccccc1F. The maximum atomic E-state index is 13.6. The van der Waals surface area contributed by atoms with Crippen molar-refractivity contribution >= 4 is 5.97 Å². The van der Waals surface area contributed by atoms with E-state index in [0.29, 0.717) is 17.7 Å². The van der Waals surface area contributed by atoms with Crippen molar-refractivity contribution in [3.63, 3.8) is 0 Å². The van der Waals surface area contributed by atoms with E-state index in [-0.39, 0.29) is 18.1 Å². The number of rotatable bonds is 5. The molecule has 5 nitrogen and oxygen atoms in total. The van der Waals surface area contributed by atoms with E-state index in [0.717, 1.165) is 6.42 Å². The van der Waals surface area contributed by atoms with Crippen molar-refractivity contribution in [2.75, 3.05) is 0 Å². The second-order valence-electron chi connectivity index (χ2n) is 4.19. The average Bonchev–Trinajstić information content (AvgIpc) is 2.76. The number of halogens is 1. The first-order chi connectivity index (χ1) is 9.13. The van der Waals surface area contributed by atoms with E-state index in [1.165, 1.54) is 10.7 Å². The van der Waals surface area contributed by atoms with E-state index in [2.05, 4.69) is 10.3 Å². The lowest BCUT2D eigenvalue weighted by atomic mass is 10.2. The highest BCUT2D eigenvalue weighted by molar-refractivity contribution is 5.86. The molecule has 0 amide bonds. The molecular formula is C13H14FN3O2. The van der Waals surface area contributed by atoms with Crippen LogP contribution in [0.1, 0.15) is 35.1 Å². The molecule has 0 fully saturated rings. The maximum Gasteiger partial charge on any atom is 0.358 e. The minimum absolute atomic E-state index is 0.0572. The highest BCUT2D eigenvalue weighted by Crippen LogP contribution is 2.13.